The van der Waals surface area contributed by atoms with Crippen LogP contribution in [0.1, 0.15) is 39.5 Å². The molecule has 0 radical (unpaired) electrons. The highest BCUT2D eigenvalue weighted by molar-refractivity contribution is 5.85. The van der Waals surface area contributed by atoms with Crippen LogP contribution in [0.15, 0.2) is 4.99 Å². The zero-order chi connectivity index (χ0) is 20.2. The van der Waals surface area contributed by atoms with E-state index in [2.05, 4.69) is 20.1 Å². The van der Waals surface area contributed by atoms with E-state index < -0.39 is 5.54 Å². The van der Waals surface area contributed by atoms with Gasteiger partial charge in [0.15, 0.2) is 5.96 Å². The summed E-state index contributed by atoms with van der Waals surface area (Å²) in [5, 5.41) is 3.45. The van der Waals surface area contributed by atoms with Gasteiger partial charge in [0.1, 0.15) is 0 Å². The Balaban J connectivity index is 1.97. The lowest BCUT2D eigenvalue weighted by molar-refractivity contribution is -0.138. The molecule has 1 heterocycles. The van der Waals surface area contributed by atoms with E-state index in [4.69, 9.17) is 5.73 Å². The summed E-state index contributed by atoms with van der Waals surface area (Å²) in [5.41, 5.74) is 4.57. The molecule has 27 heavy (non-hydrogen) atoms. The second-order valence-electron chi connectivity index (χ2n) is 8.49. The summed E-state index contributed by atoms with van der Waals surface area (Å²) < 4.78 is 0. The van der Waals surface area contributed by atoms with Gasteiger partial charge in [-0.05, 0) is 26.7 Å². The Hall–Kier alpha value is -1.83. The van der Waals surface area contributed by atoms with Crippen LogP contribution >= 0.6 is 0 Å². The highest BCUT2D eigenvalue weighted by Gasteiger charge is 2.42. The van der Waals surface area contributed by atoms with E-state index in [1.54, 1.807) is 11.9 Å². The number of hydrogen-bond donors (Lipinski definition) is 2. The van der Waals surface area contributed by atoms with Crippen LogP contribution in [0.3, 0.4) is 0 Å². The molecule has 3 N–H and O–H groups in total. The molecule has 1 aliphatic heterocycles. The molecule has 0 bridgehead atoms. The Morgan fingerprint density at radius 2 is 1.70 bits per heavy atom. The Morgan fingerprint density at radius 3 is 2.15 bits per heavy atom. The first-order valence-corrected chi connectivity index (χ1v) is 9.86. The standard InChI is InChI=1S/C19H36N6O2/c1-18(2,15(20)26)25-12-10-24(11-13-25)17(21-3)22-14-19(8-6-7-9-19)16(27)23(4)5/h6-14H2,1-5H3,(H2,20,26)(H,21,22). The Bertz CT molecular complexity index is 573. The Kier molecular flexibility index (Phi) is 6.72. The maximum absolute atomic E-state index is 12.7. The summed E-state index contributed by atoms with van der Waals surface area (Å²) >= 11 is 0. The quantitative estimate of drug-likeness (QED) is 0.521. The lowest BCUT2D eigenvalue weighted by Gasteiger charge is -2.43. The molecule has 2 amide bonds. The van der Waals surface area contributed by atoms with Crippen LogP contribution in [0.5, 0.6) is 0 Å². The molecule has 0 atom stereocenters. The van der Waals surface area contributed by atoms with Crippen molar-refractivity contribution in [3.05, 3.63) is 0 Å². The monoisotopic (exact) mass is 380 g/mol. The normalized spacial score (nSPS) is 21.2. The smallest absolute Gasteiger partial charge is 0.237 e. The molecule has 0 aromatic heterocycles. The minimum atomic E-state index is -0.644. The van der Waals surface area contributed by atoms with Crippen LogP contribution in [0.2, 0.25) is 0 Å². The molecule has 8 nitrogen and oxygen atoms in total. The van der Waals surface area contributed by atoms with E-state index in [1.807, 2.05) is 27.9 Å². The molecule has 154 valence electrons. The van der Waals surface area contributed by atoms with E-state index in [0.717, 1.165) is 57.8 Å². The molecule has 2 aliphatic rings. The number of nitrogens with zero attached hydrogens (tertiary/aromatic N) is 4. The van der Waals surface area contributed by atoms with Crippen molar-refractivity contribution >= 4 is 17.8 Å². The molecule has 0 aromatic carbocycles. The summed E-state index contributed by atoms with van der Waals surface area (Å²) in [7, 11) is 5.44. The van der Waals surface area contributed by atoms with Gasteiger partial charge in [0.25, 0.3) is 0 Å². The molecule has 8 heteroatoms. The lowest BCUT2D eigenvalue weighted by atomic mass is 9.84. The van der Waals surface area contributed by atoms with E-state index >= 15 is 0 Å². The average molecular weight is 381 g/mol. The number of nitrogens with two attached hydrogens (primary N) is 1. The topological polar surface area (TPSA) is 94.3 Å². The molecule has 0 spiro atoms. The fourth-order valence-electron chi connectivity index (χ4n) is 4.21. The van der Waals surface area contributed by atoms with Gasteiger partial charge in [0.2, 0.25) is 11.8 Å². The number of primary amides is 1. The van der Waals surface area contributed by atoms with Gasteiger partial charge in [-0.1, -0.05) is 12.8 Å². The molecule has 2 fully saturated rings. The molecular weight excluding hydrogens is 344 g/mol. The number of hydrogen-bond acceptors (Lipinski definition) is 4. The van der Waals surface area contributed by atoms with E-state index in [9.17, 15) is 9.59 Å². The third kappa shape index (κ3) is 4.54. The van der Waals surface area contributed by atoms with Crippen molar-refractivity contribution in [3.8, 4) is 0 Å². The highest BCUT2D eigenvalue weighted by atomic mass is 16.2. The number of guanidine groups is 1. The Labute approximate surface area is 163 Å². The van der Waals surface area contributed by atoms with Crippen LogP contribution in [-0.4, -0.2) is 91.9 Å². The van der Waals surface area contributed by atoms with Gasteiger partial charge in [0.05, 0.1) is 11.0 Å². The van der Waals surface area contributed by atoms with E-state index in [1.165, 1.54) is 0 Å². The maximum Gasteiger partial charge on any atom is 0.237 e. The Morgan fingerprint density at radius 1 is 1.15 bits per heavy atom. The highest BCUT2D eigenvalue weighted by Crippen LogP contribution is 2.39. The average Bonchev–Trinajstić information content (AvgIpc) is 3.11. The molecule has 0 unspecified atom stereocenters. The van der Waals surface area contributed by atoms with Crippen molar-refractivity contribution in [2.45, 2.75) is 45.1 Å². The van der Waals surface area contributed by atoms with Crippen LogP contribution in [0.4, 0.5) is 0 Å². The number of rotatable bonds is 5. The second kappa shape index (κ2) is 8.46. The maximum atomic E-state index is 12.7. The van der Waals surface area contributed by atoms with Gasteiger partial charge in [0, 0.05) is 53.9 Å². The fraction of sp³-hybridized carbons (Fsp3) is 0.842. The van der Waals surface area contributed by atoms with Crippen molar-refractivity contribution in [1.29, 1.82) is 0 Å². The second-order valence-corrected chi connectivity index (χ2v) is 8.49. The van der Waals surface area contributed by atoms with Gasteiger partial charge >= 0.3 is 0 Å². The van der Waals surface area contributed by atoms with Gasteiger partial charge in [-0.3, -0.25) is 19.5 Å². The predicted molar refractivity (Wildman–Crippen MR) is 107 cm³/mol. The number of carbonyl (C=O) groups excluding carboxylic acids is 2. The first-order valence-electron chi connectivity index (χ1n) is 9.86. The fourth-order valence-corrected chi connectivity index (χ4v) is 4.21. The first kappa shape index (κ1) is 21.5. The number of aliphatic imine (C=N–C) groups is 1. The molecule has 1 saturated carbocycles. The minimum absolute atomic E-state index is 0.205. The predicted octanol–water partition coefficient (Wildman–Crippen LogP) is 0.0919. The largest absolute Gasteiger partial charge is 0.368 e. The zero-order valence-corrected chi connectivity index (χ0v) is 17.5. The number of carbonyl (C=O) groups is 2. The number of nitrogens with one attached hydrogen (secondary N) is 1. The van der Waals surface area contributed by atoms with Gasteiger partial charge in [-0.2, -0.15) is 0 Å². The van der Waals surface area contributed by atoms with Crippen molar-refractivity contribution in [2.75, 3.05) is 53.9 Å². The van der Waals surface area contributed by atoms with E-state index in [0.29, 0.717) is 6.54 Å². The molecule has 1 aliphatic carbocycles. The molecule has 2 rings (SSSR count). The molecule has 0 aromatic rings. The number of amides is 2. The van der Waals surface area contributed by atoms with E-state index in [-0.39, 0.29) is 17.2 Å². The van der Waals surface area contributed by atoms with Crippen molar-refractivity contribution in [1.82, 2.24) is 20.0 Å². The number of piperazine rings is 1. The molecule has 1 saturated heterocycles. The van der Waals surface area contributed by atoms with Crippen molar-refractivity contribution in [3.63, 3.8) is 0 Å². The summed E-state index contributed by atoms with van der Waals surface area (Å²) in [6.45, 7) is 7.39. The summed E-state index contributed by atoms with van der Waals surface area (Å²) in [5.74, 6) is 0.726. The molecular formula is C19H36N6O2. The summed E-state index contributed by atoms with van der Waals surface area (Å²) in [6.07, 6.45) is 4.05. The minimum Gasteiger partial charge on any atom is -0.368 e. The van der Waals surface area contributed by atoms with Crippen LogP contribution < -0.4 is 11.1 Å². The summed E-state index contributed by atoms with van der Waals surface area (Å²) in [4.78, 5) is 34.9. The van der Waals surface area contributed by atoms with Gasteiger partial charge < -0.3 is 20.9 Å². The summed E-state index contributed by atoms with van der Waals surface area (Å²) in [6, 6.07) is 0. The van der Waals surface area contributed by atoms with Gasteiger partial charge in [-0.25, -0.2) is 0 Å². The van der Waals surface area contributed by atoms with Crippen molar-refractivity contribution in [2.24, 2.45) is 16.1 Å². The third-order valence-electron chi connectivity index (χ3n) is 6.19. The van der Waals surface area contributed by atoms with Crippen LogP contribution in [0.25, 0.3) is 0 Å². The third-order valence-corrected chi connectivity index (χ3v) is 6.19. The van der Waals surface area contributed by atoms with Crippen LogP contribution in [0, 0.1) is 5.41 Å². The lowest BCUT2D eigenvalue weighted by Crippen LogP contribution is -2.61. The SMILES string of the molecule is CN=C(NCC1(C(=O)N(C)C)CCCC1)N1CCN(C(C)(C)C(N)=O)CC1. The first-order chi connectivity index (χ1) is 12.6. The van der Waals surface area contributed by atoms with Gasteiger partial charge in [-0.15, -0.1) is 0 Å². The zero-order valence-electron chi connectivity index (χ0n) is 17.5. The van der Waals surface area contributed by atoms with Crippen LogP contribution in [-0.2, 0) is 9.59 Å². The van der Waals surface area contributed by atoms with Crippen molar-refractivity contribution < 1.29 is 9.59 Å².